The molecule has 4 rings (SSSR count). The van der Waals surface area contributed by atoms with Gasteiger partial charge in [-0.1, -0.05) is 12.1 Å². The van der Waals surface area contributed by atoms with Crippen LogP contribution in [0.3, 0.4) is 0 Å². The highest BCUT2D eigenvalue weighted by atomic mass is 19.1. The molecule has 0 spiro atoms. The van der Waals surface area contributed by atoms with Crippen molar-refractivity contribution in [2.24, 2.45) is 5.92 Å². The second-order valence-electron chi connectivity index (χ2n) is 8.87. The highest BCUT2D eigenvalue weighted by Gasteiger charge is 2.21. The van der Waals surface area contributed by atoms with E-state index in [-0.39, 0.29) is 42.2 Å². The van der Waals surface area contributed by atoms with Gasteiger partial charge in [-0.3, -0.25) is 9.59 Å². The number of hydrogen-bond donors (Lipinski definition) is 3. The normalized spacial score (nSPS) is 14.6. The van der Waals surface area contributed by atoms with Crippen molar-refractivity contribution < 1.29 is 23.8 Å². The van der Waals surface area contributed by atoms with E-state index in [2.05, 4.69) is 20.2 Å². The molecule has 1 aliphatic rings. The Bertz CT molecular complexity index is 1260. The Morgan fingerprint density at radius 3 is 2.83 bits per heavy atom. The molecule has 9 nitrogen and oxygen atoms in total. The van der Waals surface area contributed by atoms with Gasteiger partial charge in [0.15, 0.2) is 17.4 Å². The van der Waals surface area contributed by atoms with E-state index in [0.29, 0.717) is 18.2 Å². The molecular weight excluding hydrogens is 467 g/mol. The van der Waals surface area contributed by atoms with Crippen LogP contribution in [0.1, 0.15) is 35.4 Å². The second-order valence-corrected chi connectivity index (χ2v) is 8.87. The van der Waals surface area contributed by atoms with Crippen LogP contribution < -0.4 is 20.3 Å². The summed E-state index contributed by atoms with van der Waals surface area (Å²) in [6.45, 7) is 3.15. The lowest BCUT2D eigenvalue weighted by molar-refractivity contribution is 0.0940. The summed E-state index contributed by atoms with van der Waals surface area (Å²) < 4.78 is 25.5. The number of nitrogens with one attached hydrogen (secondary N) is 2. The van der Waals surface area contributed by atoms with Gasteiger partial charge in [-0.15, -0.1) is 0 Å². The van der Waals surface area contributed by atoms with E-state index in [4.69, 9.17) is 14.6 Å². The Labute approximate surface area is 208 Å². The molecule has 1 saturated heterocycles. The third-order valence-electron chi connectivity index (χ3n) is 6.48. The molecule has 192 valence electrons. The zero-order valence-electron chi connectivity index (χ0n) is 20.3. The summed E-state index contributed by atoms with van der Waals surface area (Å²) in [5, 5.41) is 11.8. The number of aliphatic hydroxyl groups is 1. The molecule has 3 aromatic rings. The fourth-order valence-electron chi connectivity index (χ4n) is 4.44. The van der Waals surface area contributed by atoms with Gasteiger partial charge in [-0.25, -0.2) is 9.37 Å². The molecule has 0 saturated carbocycles. The number of carbonyl (C=O) groups is 1. The Kier molecular flexibility index (Phi) is 8.50. The first-order valence-corrected chi connectivity index (χ1v) is 12.1. The molecule has 0 atom stereocenters. The number of piperidine rings is 1. The van der Waals surface area contributed by atoms with E-state index >= 15 is 0 Å². The van der Waals surface area contributed by atoms with Gasteiger partial charge in [0.25, 0.3) is 11.5 Å². The lowest BCUT2D eigenvalue weighted by Gasteiger charge is -2.31. The molecule has 3 N–H and O–H groups in total. The molecule has 36 heavy (non-hydrogen) atoms. The molecule has 0 bridgehead atoms. The van der Waals surface area contributed by atoms with Gasteiger partial charge in [-0.05, 0) is 68.1 Å². The number of aliphatic hydroxyl groups excluding tert-OH is 1. The maximum absolute atomic E-state index is 14.6. The molecule has 0 unspecified atom stereocenters. The number of likely N-dealkylation sites (tertiary alicyclic amines) is 1. The summed E-state index contributed by atoms with van der Waals surface area (Å²) in [7, 11) is 1.56. The number of rotatable bonds is 10. The van der Waals surface area contributed by atoms with Crippen molar-refractivity contribution in [3.63, 3.8) is 0 Å². The molecular formula is C26H31FN4O5. The standard InChI is InChI=1S/C26H31FN4O5/c1-35-19-4-2-3-18(15-19)16-28-26(34)24-29-21-6-5-20(27)23(22(21)25(33)30-24)36-14-9-17-7-10-31(11-8-17)12-13-32/h2-6,15,17,32H,7-14,16H2,1H3,(H,28,34)(H,29,30,33). The minimum atomic E-state index is -0.650. The Balaban J connectivity index is 1.42. The number of nitrogens with zero attached hydrogens (tertiary/aromatic N) is 2. The highest BCUT2D eigenvalue weighted by molar-refractivity contribution is 5.93. The van der Waals surface area contributed by atoms with E-state index in [0.717, 1.165) is 37.9 Å². The predicted molar refractivity (Wildman–Crippen MR) is 133 cm³/mol. The van der Waals surface area contributed by atoms with Gasteiger partial charge >= 0.3 is 0 Å². The number of benzene rings is 2. The molecule has 1 amide bonds. The number of amides is 1. The quantitative estimate of drug-likeness (QED) is 0.393. The summed E-state index contributed by atoms with van der Waals surface area (Å²) in [6.07, 6.45) is 2.70. The largest absolute Gasteiger partial charge is 0.497 e. The zero-order valence-corrected chi connectivity index (χ0v) is 20.3. The van der Waals surface area contributed by atoms with Crippen LogP contribution in [0.25, 0.3) is 10.9 Å². The van der Waals surface area contributed by atoms with E-state index in [1.807, 2.05) is 12.1 Å². The van der Waals surface area contributed by atoms with Crippen LogP contribution in [-0.4, -0.2) is 65.8 Å². The molecule has 2 aromatic carbocycles. The summed E-state index contributed by atoms with van der Waals surface area (Å²) in [5.41, 5.74) is 0.361. The van der Waals surface area contributed by atoms with E-state index in [9.17, 15) is 14.0 Å². The van der Waals surface area contributed by atoms with Gasteiger partial charge in [0.1, 0.15) is 11.1 Å². The monoisotopic (exact) mass is 498 g/mol. The summed E-state index contributed by atoms with van der Waals surface area (Å²) in [4.78, 5) is 34.4. The summed E-state index contributed by atoms with van der Waals surface area (Å²) in [5.74, 6) is -0.418. The minimum Gasteiger partial charge on any atom is -0.497 e. The fourth-order valence-corrected chi connectivity index (χ4v) is 4.44. The van der Waals surface area contributed by atoms with Crippen molar-refractivity contribution in [2.45, 2.75) is 25.8 Å². The maximum atomic E-state index is 14.6. The number of H-pyrrole nitrogens is 1. The van der Waals surface area contributed by atoms with Crippen molar-refractivity contribution in [3.05, 3.63) is 64.0 Å². The molecule has 1 aromatic heterocycles. The topological polar surface area (TPSA) is 117 Å². The molecule has 1 fully saturated rings. The van der Waals surface area contributed by atoms with Crippen molar-refractivity contribution in [1.29, 1.82) is 0 Å². The highest BCUT2D eigenvalue weighted by Crippen LogP contribution is 2.27. The lowest BCUT2D eigenvalue weighted by atomic mass is 9.94. The first kappa shape index (κ1) is 25.6. The number of aromatic amines is 1. The van der Waals surface area contributed by atoms with Gasteiger partial charge in [0, 0.05) is 13.1 Å². The van der Waals surface area contributed by atoms with E-state index < -0.39 is 17.3 Å². The van der Waals surface area contributed by atoms with Gasteiger partial charge in [-0.2, -0.15) is 0 Å². The minimum absolute atomic E-state index is 0.0166. The molecule has 0 aliphatic carbocycles. The van der Waals surface area contributed by atoms with E-state index in [1.54, 1.807) is 19.2 Å². The van der Waals surface area contributed by atoms with E-state index in [1.165, 1.54) is 12.1 Å². The predicted octanol–water partition coefficient (Wildman–Crippen LogP) is 2.47. The first-order valence-electron chi connectivity index (χ1n) is 12.1. The molecule has 0 radical (unpaired) electrons. The van der Waals surface area contributed by atoms with Crippen LogP contribution in [0, 0.1) is 11.7 Å². The Hall–Kier alpha value is -3.50. The van der Waals surface area contributed by atoms with Crippen LogP contribution in [0.2, 0.25) is 0 Å². The fraction of sp³-hybridized carbons (Fsp3) is 0.423. The van der Waals surface area contributed by atoms with Crippen LogP contribution in [-0.2, 0) is 6.54 Å². The number of halogens is 1. The van der Waals surface area contributed by atoms with Crippen molar-refractivity contribution in [3.8, 4) is 11.5 Å². The number of β-amino-alcohol motifs (C(OH)–C–C–N with tert-alkyl or cyclic N) is 1. The summed E-state index contributed by atoms with van der Waals surface area (Å²) >= 11 is 0. The smallest absolute Gasteiger partial charge is 0.287 e. The van der Waals surface area contributed by atoms with Crippen molar-refractivity contribution in [2.75, 3.05) is 40.0 Å². The second kappa shape index (κ2) is 12.0. The van der Waals surface area contributed by atoms with Gasteiger partial charge in [0.2, 0.25) is 0 Å². The average Bonchev–Trinajstić information content (AvgIpc) is 2.89. The zero-order chi connectivity index (χ0) is 25.5. The third kappa shape index (κ3) is 6.19. The number of methoxy groups -OCH3 is 1. The van der Waals surface area contributed by atoms with Crippen LogP contribution in [0.5, 0.6) is 11.5 Å². The summed E-state index contributed by atoms with van der Waals surface area (Å²) in [6, 6.07) is 9.80. The maximum Gasteiger partial charge on any atom is 0.287 e. The Morgan fingerprint density at radius 1 is 1.28 bits per heavy atom. The number of ether oxygens (including phenoxy) is 2. The van der Waals surface area contributed by atoms with Crippen molar-refractivity contribution >= 4 is 16.8 Å². The van der Waals surface area contributed by atoms with Crippen molar-refractivity contribution in [1.82, 2.24) is 20.2 Å². The number of aromatic nitrogens is 2. The average molecular weight is 499 g/mol. The van der Waals surface area contributed by atoms with Crippen LogP contribution in [0.4, 0.5) is 4.39 Å². The third-order valence-corrected chi connectivity index (χ3v) is 6.48. The number of fused-ring (bicyclic) bond motifs is 1. The van der Waals surface area contributed by atoms with Gasteiger partial charge < -0.3 is 29.8 Å². The number of hydrogen-bond acceptors (Lipinski definition) is 7. The SMILES string of the molecule is COc1cccc(CNC(=O)c2nc3ccc(F)c(OCCC4CCN(CCO)CC4)c3c(=O)[nH]2)c1. The van der Waals surface area contributed by atoms with Gasteiger partial charge in [0.05, 0.1) is 25.8 Å². The van der Waals surface area contributed by atoms with Crippen LogP contribution in [0.15, 0.2) is 41.2 Å². The Morgan fingerprint density at radius 2 is 2.08 bits per heavy atom. The molecule has 2 heterocycles. The lowest BCUT2D eigenvalue weighted by Crippen LogP contribution is -2.36. The molecule has 10 heteroatoms. The number of carbonyl (C=O) groups excluding carboxylic acids is 1. The molecule has 1 aliphatic heterocycles. The van der Waals surface area contributed by atoms with Crippen LogP contribution >= 0.6 is 0 Å². The first-order chi connectivity index (χ1) is 17.5.